The Morgan fingerprint density at radius 2 is 2.00 bits per heavy atom. The first-order chi connectivity index (χ1) is 12.8. The number of fused-ring (bicyclic) bond motifs is 1. The Morgan fingerprint density at radius 3 is 2.88 bits per heavy atom. The van der Waals surface area contributed by atoms with Crippen LogP contribution >= 0.6 is 23.1 Å². The number of para-hydroxylation sites is 1. The quantitative estimate of drug-likeness (QED) is 0.508. The molecule has 0 aliphatic heterocycles. The SMILES string of the molecule is O=C(Cc1nc(CSc2ncc3ccccn23)cs1)Nc1ccccc1. The van der Waals surface area contributed by atoms with Crippen molar-refractivity contribution < 1.29 is 4.79 Å². The summed E-state index contributed by atoms with van der Waals surface area (Å²) in [7, 11) is 0. The summed E-state index contributed by atoms with van der Waals surface area (Å²) in [6.45, 7) is 0. The van der Waals surface area contributed by atoms with Crippen molar-refractivity contribution in [3.63, 3.8) is 0 Å². The van der Waals surface area contributed by atoms with E-state index in [4.69, 9.17) is 0 Å². The summed E-state index contributed by atoms with van der Waals surface area (Å²) in [5.41, 5.74) is 2.85. The molecule has 1 amide bonds. The number of carbonyl (C=O) groups is 1. The van der Waals surface area contributed by atoms with Crippen LogP contribution in [0.3, 0.4) is 0 Å². The zero-order chi connectivity index (χ0) is 17.8. The van der Waals surface area contributed by atoms with Gasteiger partial charge in [-0.3, -0.25) is 9.20 Å². The van der Waals surface area contributed by atoms with E-state index in [-0.39, 0.29) is 12.3 Å². The van der Waals surface area contributed by atoms with Crippen molar-refractivity contribution in [3.8, 4) is 0 Å². The molecule has 7 heteroatoms. The molecular formula is C19H16N4OS2. The van der Waals surface area contributed by atoms with Crippen LogP contribution in [0, 0.1) is 0 Å². The van der Waals surface area contributed by atoms with E-state index in [0.29, 0.717) is 0 Å². The number of nitrogens with zero attached hydrogens (tertiary/aromatic N) is 3. The monoisotopic (exact) mass is 380 g/mol. The Balaban J connectivity index is 1.35. The lowest BCUT2D eigenvalue weighted by Crippen LogP contribution is -2.14. The molecular weight excluding hydrogens is 364 g/mol. The fourth-order valence-electron chi connectivity index (χ4n) is 2.52. The number of pyridine rings is 1. The summed E-state index contributed by atoms with van der Waals surface area (Å²) in [6.07, 6.45) is 4.16. The lowest BCUT2D eigenvalue weighted by atomic mass is 10.3. The fraction of sp³-hybridized carbons (Fsp3) is 0.105. The van der Waals surface area contributed by atoms with Gasteiger partial charge in [-0.25, -0.2) is 9.97 Å². The highest BCUT2D eigenvalue weighted by Crippen LogP contribution is 2.24. The molecule has 0 atom stereocenters. The Hall–Kier alpha value is -2.64. The number of amides is 1. The molecule has 0 bridgehead atoms. The zero-order valence-electron chi connectivity index (χ0n) is 13.8. The summed E-state index contributed by atoms with van der Waals surface area (Å²) in [5.74, 6) is 0.675. The normalized spacial score (nSPS) is 10.9. The molecule has 0 aliphatic carbocycles. The number of thiazole rings is 1. The van der Waals surface area contributed by atoms with E-state index in [2.05, 4.69) is 19.7 Å². The van der Waals surface area contributed by atoms with Crippen LogP contribution in [0.1, 0.15) is 10.7 Å². The van der Waals surface area contributed by atoms with Gasteiger partial charge >= 0.3 is 0 Å². The highest BCUT2D eigenvalue weighted by Gasteiger charge is 2.10. The predicted octanol–water partition coefficient (Wildman–Crippen LogP) is 4.26. The molecule has 0 radical (unpaired) electrons. The second-order valence-corrected chi connectivity index (χ2v) is 7.53. The van der Waals surface area contributed by atoms with Crippen molar-refractivity contribution in [3.05, 3.63) is 77.0 Å². The zero-order valence-corrected chi connectivity index (χ0v) is 15.5. The maximum atomic E-state index is 12.1. The van der Waals surface area contributed by atoms with Gasteiger partial charge in [-0.1, -0.05) is 36.0 Å². The minimum Gasteiger partial charge on any atom is -0.326 e. The first-order valence-electron chi connectivity index (χ1n) is 8.11. The van der Waals surface area contributed by atoms with Crippen LogP contribution < -0.4 is 5.32 Å². The van der Waals surface area contributed by atoms with Gasteiger partial charge in [-0.05, 0) is 24.3 Å². The predicted molar refractivity (Wildman–Crippen MR) is 106 cm³/mol. The third-order valence-corrected chi connectivity index (χ3v) is 5.62. The number of imidazole rings is 1. The number of aromatic nitrogens is 3. The first kappa shape index (κ1) is 16.8. The van der Waals surface area contributed by atoms with Crippen molar-refractivity contribution in [1.29, 1.82) is 0 Å². The van der Waals surface area contributed by atoms with E-state index in [9.17, 15) is 4.79 Å². The van der Waals surface area contributed by atoms with E-state index in [1.54, 1.807) is 11.8 Å². The minimum absolute atomic E-state index is 0.0518. The van der Waals surface area contributed by atoms with E-state index >= 15 is 0 Å². The molecule has 1 N–H and O–H groups in total. The summed E-state index contributed by atoms with van der Waals surface area (Å²) < 4.78 is 2.06. The van der Waals surface area contributed by atoms with E-state index in [1.807, 2.05) is 66.3 Å². The van der Waals surface area contributed by atoms with Gasteiger partial charge in [0.1, 0.15) is 5.01 Å². The van der Waals surface area contributed by atoms with Crippen molar-refractivity contribution in [2.75, 3.05) is 5.32 Å². The molecule has 0 saturated carbocycles. The maximum Gasteiger partial charge on any atom is 0.231 e. The van der Waals surface area contributed by atoms with Crippen molar-refractivity contribution >= 4 is 40.2 Å². The number of thioether (sulfide) groups is 1. The molecule has 3 heterocycles. The molecule has 0 aliphatic rings. The van der Waals surface area contributed by atoms with Crippen LogP contribution in [0.25, 0.3) is 5.52 Å². The number of hydrogen-bond donors (Lipinski definition) is 1. The van der Waals surface area contributed by atoms with Gasteiger partial charge < -0.3 is 5.32 Å². The molecule has 1 aromatic carbocycles. The van der Waals surface area contributed by atoms with Gasteiger partial charge in [0, 0.05) is 23.0 Å². The number of anilines is 1. The lowest BCUT2D eigenvalue weighted by Gasteiger charge is -2.02. The summed E-state index contributed by atoms with van der Waals surface area (Å²) >= 11 is 3.16. The second-order valence-electron chi connectivity index (χ2n) is 5.65. The van der Waals surface area contributed by atoms with E-state index in [0.717, 1.165) is 32.8 Å². The van der Waals surface area contributed by atoms with Crippen molar-refractivity contribution in [2.24, 2.45) is 0 Å². The number of rotatable bonds is 6. The minimum atomic E-state index is -0.0518. The van der Waals surface area contributed by atoms with Crippen molar-refractivity contribution in [1.82, 2.24) is 14.4 Å². The summed E-state index contributed by atoms with van der Waals surface area (Å²) in [6, 6.07) is 15.5. The van der Waals surface area contributed by atoms with E-state index < -0.39 is 0 Å². The van der Waals surface area contributed by atoms with Crippen LogP contribution in [0.4, 0.5) is 5.69 Å². The number of carbonyl (C=O) groups excluding carboxylic acids is 1. The van der Waals surface area contributed by atoms with Gasteiger partial charge in [-0.2, -0.15) is 0 Å². The molecule has 4 rings (SSSR count). The molecule has 0 unspecified atom stereocenters. The first-order valence-corrected chi connectivity index (χ1v) is 9.97. The average molecular weight is 380 g/mol. The molecule has 3 aromatic heterocycles. The van der Waals surface area contributed by atoms with Crippen LogP contribution in [0.2, 0.25) is 0 Å². The van der Waals surface area contributed by atoms with Crippen LogP contribution in [0.15, 0.2) is 71.5 Å². The Bertz CT molecular complexity index is 1030. The molecule has 130 valence electrons. The fourth-order valence-corrected chi connectivity index (χ4v) is 4.28. The van der Waals surface area contributed by atoms with Gasteiger partial charge in [0.25, 0.3) is 0 Å². The van der Waals surface area contributed by atoms with Gasteiger partial charge in [-0.15, -0.1) is 11.3 Å². The highest BCUT2D eigenvalue weighted by atomic mass is 32.2. The molecule has 4 aromatic rings. The van der Waals surface area contributed by atoms with Gasteiger partial charge in [0.15, 0.2) is 5.16 Å². The number of benzene rings is 1. The summed E-state index contributed by atoms with van der Waals surface area (Å²) in [5, 5.41) is 6.65. The maximum absolute atomic E-state index is 12.1. The summed E-state index contributed by atoms with van der Waals surface area (Å²) in [4.78, 5) is 21.1. The lowest BCUT2D eigenvalue weighted by molar-refractivity contribution is -0.115. The third kappa shape index (κ3) is 3.95. The Kier molecular flexibility index (Phi) is 4.99. The molecule has 0 fully saturated rings. The molecule has 26 heavy (non-hydrogen) atoms. The number of hydrogen-bond acceptors (Lipinski definition) is 5. The number of nitrogens with one attached hydrogen (secondary N) is 1. The van der Waals surface area contributed by atoms with E-state index in [1.165, 1.54) is 11.3 Å². The Morgan fingerprint density at radius 1 is 1.15 bits per heavy atom. The standard InChI is InChI=1S/C19H16N4OS2/c24-17(21-14-6-2-1-3-7-14)10-18-22-15(12-25-18)13-26-19-20-11-16-8-4-5-9-23(16)19/h1-9,11-12H,10,13H2,(H,21,24). The Labute approximate surface area is 159 Å². The third-order valence-electron chi connectivity index (χ3n) is 3.72. The second kappa shape index (κ2) is 7.72. The van der Waals surface area contributed by atoms with Crippen LogP contribution in [-0.4, -0.2) is 20.3 Å². The van der Waals surface area contributed by atoms with Crippen molar-refractivity contribution in [2.45, 2.75) is 17.3 Å². The van der Waals surface area contributed by atoms with Crippen LogP contribution in [-0.2, 0) is 17.0 Å². The molecule has 0 spiro atoms. The highest BCUT2D eigenvalue weighted by molar-refractivity contribution is 7.98. The van der Waals surface area contributed by atoms with Gasteiger partial charge in [0.2, 0.25) is 5.91 Å². The topological polar surface area (TPSA) is 59.3 Å². The molecule has 0 saturated heterocycles. The largest absolute Gasteiger partial charge is 0.326 e. The average Bonchev–Trinajstić information content (AvgIpc) is 3.27. The van der Waals surface area contributed by atoms with Gasteiger partial charge in [0.05, 0.1) is 23.8 Å². The van der Waals surface area contributed by atoms with Crippen LogP contribution in [0.5, 0.6) is 0 Å². The molecule has 5 nitrogen and oxygen atoms in total. The smallest absolute Gasteiger partial charge is 0.231 e.